The van der Waals surface area contributed by atoms with Crippen LogP contribution in [0.2, 0.25) is 0 Å². The van der Waals surface area contributed by atoms with Crippen molar-refractivity contribution in [2.75, 3.05) is 18.5 Å². The minimum absolute atomic E-state index is 0.0700. The van der Waals surface area contributed by atoms with E-state index < -0.39 is 12.0 Å². The van der Waals surface area contributed by atoms with Crippen molar-refractivity contribution >= 4 is 17.6 Å². The first kappa shape index (κ1) is 19.4. The van der Waals surface area contributed by atoms with Gasteiger partial charge in [-0.3, -0.25) is 4.79 Å². The van der Waals surface area contributed by atoms with Gasteiger partial charge < -0.3 is 25.3 Å². The molecule has 2 rings (SSSR count). The molecule has 0 aliphatic carbocycles. The molecule has 0 bridgehead atoms. The Labute approximate surface area is 149 Å². The minimum atomic E-state index is -1.22. The molecule has 0 aromatic heterocycles. The van der Waals surface area contributed by atoms with E-state index in [0.29, 0.717) is 12.2 Å². The first-order valence-corrected chi connectivity index (χ1v) is 9.13. The number of benzene rings is 1. The Hall–Kier alpha value is -1.92. The monoisotopic (exact) mass is 348 g/mol. The van der Waals surface area contributed by atoms with Gasteiger partial charge >= 0.3 is 0 Å². The maximum atomic E-state index is 12.1. The van der Waals surface area contributed by atoms with Crippen LogP contribution in [0.3, 0.4) is 0 Å². The third-order valence-corrected chi connectivity index (χ3v) is 4.47. The normalized spacial score (nSPS) is 18.0. The van der Waals surface area contributed by atoms with Gasteiger partial charge in [-0.2, -0.15) is 0 Å². The summed E-state index contributed by atoms with van der Waals surface area (Å²) in [6, 6.07) is 6.80. The number of anilines is 1. The number of carboxylic acid groups (broad SMARTS) is 1. The largest absolute Gasteiger partial charge is 0.544 e. The Balaban J connectivity index is 1.80. The van der Waals surface area contributed by atoms with E-state index in [9.17, 15) is 14.7 Å². The number of quaternary nitrogens is 1. The molecule has 1 aromatic carbocycles. The summed E-state index contributed by atoms with van der Waals surface area (Å²) in [5, 5.41) is 15.7. The zero-order valence-corrected chi connectivity index (χ0v) is 14.8. The lowest BCUT2D eigenvalue weighted by Gasteiger charge is -2.18. The molecule has 138 valence electrons. The third-order valence-electron chi connectivity index (χ3n) is 4.47. The fraction of sp³-hybridized carbons (Fsp3) is 0.579. The Kier molecular flexibility index (Phi) is 7.88. The van der Waals surface area contributed by atoms with Gasteiger partial charge in [-0.15, -0.1) is 0 Å². The zero-order valence-electron chi connectivity index (χ0n) is 14.8. The predicted octanol–water partition coefficient (Wildman–Crippen LogP) is 0.219. The van der Waals surface area contributed by atoms with Crippen LogP contribution < -0.4 is 15.7 Å². The average molecular weight is 348 g/mol. The SMILES string of the molecule is CCCCc1ccc(NC(=O)C[C@H]([NH2+]C[C@H]2CCCO2)C(=O)[O-])cc1. The summed E-state index contributed by atoms with van der Waals surface area (Å²) in [6.07, 6.45) is 5.20. The van der Waals surface area contributed by atoms with Crippen LogP contribution in [0.5, 0.6) is 0 Å². The smallest absolute Gasteiger partial charge is 0.230 e. The van der Waals surface area contributed by atoms with Crippen LogP contribution in [-0.4, -0.2) is 37.2 Å². The van der Waals surface area contributed by atoms with E-state index in [1.807, 2.05) is 24.3 Å². The molecule has 25 heavy (non-hydrogen) atoms. The van der Waals surface area contributed by atoms with Crippen LogP contribution in [0.1, 0.15) is 44.6 Å². The number of carbonyl (C=O) groups is 2. The van der Waals surface area contributed by atoms with Gasteiger partial charge in [0.1, 0.15) is 18.7 Å². The Morgan fingerprint density at radius 3 is 2.72 bits per heavy atom. The molecule has 0 radical (unpaired) electrons. The van der Waals surface area contributed by atoms with Gasteiger partial charge in [0, 0.05) is 12.3 Å². The number of aryl methyl sites for hydroxylation is 1. The van der Waals surface area contributed by atoms with E-state index in [0.717, 1.165) is 38.7 Å². The van der Waals surface area contributed by atoms with Crippen LogP contribution >= 0.6 is 0 Å². The lowest BCUT2D eigenvalue weighted by molar-refractivity contribution is -0.687. The molecule has 0 spiro atoms. The quantitative estimate of drug-likeness (QED) is 0.632. The van der Waals surface area contributed by atoms with Crippen LogP contribution in [0.25, 0.3) is 0 Å². The maximum absolute atomic E-state index is 12.1. The molecule has 1 fully saturated rings. The number of ether oxygens (including phenoxy) is 1. The first-order chi connectivity index (χ1) is 12.1. The highest BCUT2D eigenvalue weighted by Gasteiger charge is 2.23. The van der Waals surface area contributed by atoms with Gasteiger partial charge in [-0.25, -0.2) is 0 Å². The summed E-state index contributed by atoms with van der Waals surface area (Å²) < 4.78 is 5.48. The fourth-order valence-corrected chi connectivity index (χ4v) is 2.96. The molecule has 3 N–H and O–H groups in total. The van der Waals surface area contributed by atoms with Crippen molar-refractivity contribution in [1.82, 2.24) is 0 Å². The van der Waals surface area contributed by atoms with Crippen molar-refractivity contribution in [3.63, 3.8) is 0 Å². The van der Waals surface area contributed by atoms with Gasteiger partial charge in [0.15, 0.2) is 0 Å². The van der Waals surface area contributed by atoms with Crippen molar-refractivity contribution in [3.05, 3.63) is 29.8 Å². The lowest BCUT2D eigenvalue weighted by atomic mass is 10.1. The van der Waals surface area contributed by atoms with Gasteiger partial charge in [-0.05, 0) is 43.4 Å². The van der Waals surface area contributed by atoms with Crippen molar-refractivity contribution < 1.29 is 24.7 Å². The summed E-state index contributed by atoms with van der Waals surface area (Å²) in [5.41, 5.74) is 1.92. The highest BCUT2D eigenvalue weighted by molar-refractivity contribution is 5.93. The zero-order chi connectivity index (χ0) is 18.1. The first-order valence-electron chi connectivity index (χ1n) is 9.13. The topological polar surface area (TPSA) is 95.1 Å². The number of hydrogen-bond acceptors (Lipinski definition) is 4. The van der Waals surface area contributed by atoms with Gasteiger partial charge in [-0.1, -0.05) is 25.5 Å². The predicted molar refractivity (Wildman–Crippen MR) is 92.9 cm³/mol. The van der Waals surface area contributed by atoms with Crippen LogP contribution in [0, 0.1) is 0 Å². The number of aliphatic carboxylic acids is 1. The second-order valence-corrected chi connectivity index (χ2v) is 6.58. The Morgan fingerprint density at radius 1 is 1.36 bits per heavy atom. The molecular weight excluding hydrogens is 320 g/mol. The maximum Gasteiger partial charge on any atom is 0.230 e. The Bertz CT molecular complexity index is 553. The van der Waals surface area contributed by atoms with Crippen molar-refractivity contribution in [2.24, 2.45) is 0 Å². The molecule has 0 saturated carbocycles. The molecule has 1 aliphatic heterocycles. The van der Waals surface area contributed by atoms with Crippen LogP contribution in [0.4, 0.5) is 5.69 Å². The van der Waals surface area contributed by atoms with E-state index in [-0.39, 0.29) is 18.4 Å². The highest BCUT2D eigenvalue weighted by atomic mass is 16.5. The number of nitrogens with one attached hydrogen (secondary N) is 1. The highest BCUT2D eigenvalue weighted by Crippen LogP contribution is 2.12. The summed E-state index contributed by atoms with van der Waals surface area (Å²) in [7, 11) is 0. The standard InChI is InChI=1S/C19H28N2O4/c1-2-3-5-14-7-9-15(10-8-14)21-18(22)12-17(19(23)24)20-13-16-6-4-11-25-16/h7-10,16-17,20H,2-6,11-13H2,1H3,(H,21,22)(H,23,24)/t16-,17+/m1/s1. The number of unbranched alkanes of at least 4 members (excludes halogenated alkanes) is 1. The Morgan fingerprint density at radius 2 is 2.12 bits per heavy atom. The van der Waals surface area contributed by atoms with E-state index in [1.54, 1.807) is 5.32 Å². The molecule has 2 atom stereocenters. The minimum Gasteiger partial charge on any atom is -0.544 e. The fourth-order valence-electron chi connectivity index (χ4n) is 2.96. The van der Waals surface area contributed by atoms with Crippen molar-refractivity contribution in [2.45, 2.75) is 57.6 Å². The number of hydrogen-bond donors (Lipinski definition) is 2. The number of rotatable bonds is 10. The molecule has 0 unspecified atom stereocenters. The number of carboxylic acids is 1. The number of carbonyl (C=O) groups excluding carboxylic acids is 2. The summed E-state index contributed by atoms with van der Waals surface area (Å²) in [4.78, 5) is 23.4. The average Bonchev–Trinajstić information content (AvgIpc) is 3.11. The number of amides is 1. The molecule has 1 aromatic rings. The lowest BCUT2D eigenvalue weighted by Crippen LogP contribution is -2.94. The van der Waals surface area contributed by atoms with E-state index in [2.05, 4.69) is 12.2 Å². The molecule has 1 saturated heterocycles. The molecule has 1 heterocycles. The molecule has 1 amide bonds. The summed E-state index contributed by atoms with van der Waals surface area (Å²) in [5.74, 6) is -1.54. The molecule has 1 aliphatic rings. The van der Waals surface area contributed by atoms with Crippen LogP contribution in [-0.2, 0) is 20.7 Å². The second kappa shape index (κ2) is 10.2. The molecule has 6 heteroatoms. The third kappa shape index (κ3) is 6.84. The van der Waals surface area contributed by atoms with E-state index in [1.165, 1.54) is 5.56 Å². The van der Waals surface area contributed by atoms with Crippen molar-refractivity contribution in [3.8, 4) is 0 Å². The molecular formula is C19H28N2O4. The van der Waals surface area contributed by atoms with Gasteiger partial charge in [0.05, 0.1) is 12.4 Å². The van der Waals surface area contributed by atoms with Gasteiger partial charge in [0.25, 0.3) is 0 Å². The number of nitrogens with two attached hydrogens (primary N) is 1. The van der Waals surface area contributed by atoms with E-state index >= 15 is 0 Å². The van der Waals surface area contributed by atoms with Crippen molar-refractivity contribution in [1.29, 1.82) is 0 Å². The summed E-state index contributed by atoms with van der Waals surface area (Å²) in [6.45, 7) is 3.42. The second-order valence-electron chi connectivity index (χ2n) is 6.58. The van der Waals surface area contributed by atoms with Crippen LogP contribution in [0.15, 0.2) is 24.3 Å². The van der Waals surface area contributed by atoms with E-state index in [4.69, 9.17) is 4.74 Å². The summed E-state index contributed by atoms with van der Waals surface area (Å²) >= 11 is 0. The van der Waals surface area contributed by atoms with Gasteiger partial charge in [0.2, 0.25) is 5.91 Å². The molecule has 6 nitrogen and oxygen atoms in total.